The summed E-state index contributed by atoms with van der Waals surface area (Å²) >= 11 is 1.37. The Morgan fingerprint density at radius 2 is 1.65 bits per heavy atom. The molecule has 4 rings (SSSR count). The standard InChI is InChI=1S/C27H25FN2O3S/c1-3-32-24-15-12-21(16-25(24)33-4-2)26(31)30(17-19-8-6-5-7-9-19)27-29-23(18-34-27)20-10-13-22(28)14-11-20/h5-16,18H,3-4,17H2,1-2H3. The Morgan fingerprint density at radius 3 is 2.35 bits per heavy atom. The lowest BCUT2D eigenvalue weighted by molar-refractivity contribution is 0.0984. The first-order chi connectivity index (χ1) is 16.6. The van der Waals surface area contributed by atoms with Gasteiger partial charge in [-0.15, -0.1) is 11.3 Å². The summed E-state index contributed by atoms with van der Waals surface area (Å²) < 4.78 is 24.7. The summed E-state index contributed by atoms with van der Waals surface area (Å²) in [5.41, 5.74) is 2.93. The molecule has 174 valence electrons. The van der Waals surface area contributed by atoms with Gasteiger partial charge in [0.25, 0.3) is 5.91 Å². The van der Waals surface area contributed by atoms with Crippen LogP contribution in [0, 0.1) is 5.82 Å². The Morgan fingerprint density at radius 1 is 0.941 bits per heavy atom. The van der Waals surface area contributed by atoms with Gasteiger partial charge in [0, 0.05) is 16.5 Å². The zero-order valence-corrected chi connectivity index (χ0v) is 19.8. The number of carbonyl (C=O) groups excluding carboxylic acids is 1. The van der Waals surface area contributed by atoms with Crippen molar-refractivity contribution in [2.24, 2.45) is 0 Å². The fourth-order valence-corrected chi connectivity index (χ4v) is 4.31. The number of nitrogens with zero attached hydrogens (tertiary/aromatic N) is 2. The van der Waals surface area contributed by atoms with Crippen LogP contribution < -0.4 is 14.4 Å². The number of halogens is 1. The van der Waals surface area contributed by atoms with Crippen LogP contribution in [0.1, 0.15) is 29.8 Å². The number of carbonyl (C=O) groups is 1. The second-order valence-electron chi connectivity index (χ2n) is 7.43. The Labute approximate surface area is 202 Å². The topological polar surface area (TPSA) is 51.7 Å². The quantitative estimate of drug-likeness (QED) is 0.273. The second kappa shape index (κ2) is 10.9. The largest absolute Gasteiger partial charge is 0.490 e. The maximum Gasteiger partial charge on any atom is 0.260 e. The maximum atomic E-state index is 13.7. The van der Waals surface area contributed by atoms with Gasteiger partial charge in [-0.25, -0.2) is 9.37 Å². The molecule has 1 heterocycles. The van der Waals surface area contributed by atoms with Crippen molar-refractivity contribution in [2.45, 2.75) is 20.4 Å². The van der Waals surface area contributed by atoms with E-state index >= 15 is 0 Å². The van der Waals surface area contributed by atoms with E-state index in [9.17, 15) is 9.18 Å². The van der Waals surface area contributed by atoms with Crippen LogP contribution in [0.4, 0.5) is 9.52 Å². The minimum Gasteiger partial charge on any atom is -0.490 e. The SMILES string of the molecule is CCOc1ccc(C(=O)N(Cc2ccccc2)c2nc(-c3ccc(F)cc3)cs2)cc1OCC. The smallest absolute Gasteiger partial charge is 0.260 e. The third-order valence-corrected chi connectivity index (χ3v) is 5.95. The number of rotatable bonds is 9. The first-order valence-electron chi connectivity index (χ1n) is 11.1. The minimum atomic E-state index is -0.305. The predicted molar refractivity (Wildman–Crippen MR) is 133 cm³/mol. The molecule has 0 aliphatic rings. The Kier molecular flexibility index (Phi) is 7.54. The molecule has 0 aliphatic heterocycles. The number of ether oxygens (including phenoxy) is 2. The molecule has 3 aromatic carbocycles. The molecule has 0 unspecified atom stereocenters. The third kappa shape index (κ3) is 5.43. The van der Waals surface area contributed by atoms with Crippen LogP contribution in [-0.2, 0) is 6.54 Å². The molecule has 7 heteroatoms. The highest BCUT2D eigenvalue weighted by Gasteiger charge is 2.23. The molecule has 5 nitrogen and oxygen atoms in total. The lowest BCUT2D eigenvalue weighted by atomic mass is 10.1. The summed E-state index contributed by atoms with van der Waals surface area (Å²) in [6, 6.07) is 21.1. The molecule has 1 amide bonds. The van der Waals surface area contributed by atoms with Gasteiger partial charge in [0.1, 0.15) is 5.82 Å². The van der Waals surface area contributed by atoms with Gasteiger partial charge in [-0.2, -0.15) is 0 Å². The minimum absolute atomic E-state index is 0.201. The molecule has 4 aromatic rings. The molecule has 0 bridgehead atoms. The second-order valence-corrected chi connectivity index (χ2v) is 8.26. The summed E-state index contributed by atoms with van der Waals surface area (Å²) in [5.74, 6) is 0.623. The average molecular weight is 477 g/mol. The van der Waals surface area contributed by atoms with Crippen LogP contribution in [0.5, 0.6) is 11.5 Å². The summed E-state index contributed by atoms with van der Waals surface area (Å²) in [6.45, 7) is 5.10. The van der Waals surface area contributed by atoms with Gasteiger partial charge in [0.2, 0.25) is 0 Å². The van der Waals surface area contributed by atoms with E-state index in [1.807, 2.05) is 49.6 Å². The molecular formula is C27H25FN2O3S. The molecule has 0 saturated carbocycles. The van der Waals surface area contributed by atoms with Crippen molar-refractivity contribution in [2.75, 3.05) is 18.1 Å². The maximum absolute atomic E-state index is 13.7. The van der Waals surface area contributed by atoms with E-state index in [0.29, 0.717) is 47.6 Å². The van der Waals surface area contributed by atoms with Crippen molar-refractivity contribution in [1.82, 2.24) is 4.98 Å². The van der Waals surface area contributed by atoms with Crippen LogP contribution in [0.15, 0.2) is 78.2 Å². The number of anilines is 1. The number of benzene rings is 3. The zero-order chi connectivity index (χ0) is 23.9. The zero-order valence-electron chi connectivity index (χ0n) is 19.0. The lowest BCUT2D eigenvalue weighted by Crippen LogP contribution is -2.30. The molecule has 0 radical (unpaired) electrons. The van der Waals surface area contributed by atoms with Crippen molar-refractivity contribution in [3.8, 4) is 22.8 Å². The van der Waals surface area contributed by atoms with Crippen molar-refractivity contribution in [1.29, 1.82) is 0 Å². The fourth-order valence-electron chi connectivity index (χ4n) is 3.47. The Hall–Kier alpha value is -3.71. The monoisotopic (exact) mass is 476 g/mol. The number of hydrogen-bond donors (Lipinski definition) is 0. The van der Waals surface area contributed by atoms with Gasteiger partial charge in [0.05, 0.1) is 25.5 Å². The number of thiazole rings is 1. The average Bonchev–Trinajstić information content (AvgIpc) is 3.34. The van der Waals surface area contributed by atoms with Crippen molar-refractivity contribution in [3.05, 3.63) is 95.1 Å². The van der Waals surface area contributed by atoms with E-state index in [-0.39, 0.29) is 11.7 Å². The van der Waals surface area contributed by atoms with Crippen LogP contribution >= 0.6 is 11.3 Å². The number of hydrogen-bond acceptors (Lipinski definition) is 5. The fraction of sp³-hybridized carbons (Fsp3) is 0.185. The van der Waals surface area contributed by atoms with E-state index in [0.717, 1.165) is 11.1 Å². The van der Waals surface area contributed by atoms with Crippen LogP contribution in [0.3, 0.4) is 0 Å². The molecule has 0 aliphatic carbocycles. The summed E-state index contributed by atoms with van der Waals surface area (Å²) in [4.78, 5) is 20.1. The van der Waals surface area contributed by atoms with Gasteiger partial charge < -0.3 is 9.47 Å². The van der Waals surface area contributed by atoms with Crippen LogP contribution in [-0.4, -0.2) is 24.1 Å². The molecular weight excluding hydrogens is 451 g/mol. The molecule has 0 N–H and O–H groups in total. The predicted octanol–water partition coefficient (Wildman–Crippen LogP) is 6.59. The van der Waals surface area contributed by atoms with Gasteiger partial charge in [-0.05, 0) is 61.9 Å². The van der Waals surface area contributed by atoms with E-state index in [2.05, 4.69) is 0 Å². The van der Waals surface area contributed by atoms with Crippen molar-refractivity contribution in [3.63, 3.8) is 0 Å². The first kappa shape index (κ1) is 23.4. The van der Waals surface area contributed by atoms with Crippen LogP contribution in [0.2, 0.25) is 0 Å². The van der Waals surface area contributed by atoms with Gasteiger partial charge in [-0.3, -0.25) is 9.69 Å². The third-order valence-electron chi connectivity index (χ3n) is 5.08. The molecule has 0 spiro atoms. The van der Waals surface area contributed by atoms with E-state index in [1.54, 1.807) is 35.2 Å². The Balaban J connectivity index is 1.70. The molecule has 1 aromatic heterocycles. The summed E-state index contributed by atoms with van der Waals surface area (Å²) in [7, 11) is 0. The van der Waals surface area contributed by atoms with Crippen LogP contribution in [0.25, 0.3) is 11.3 Å². The number of amides is 1. The summed E-state index contributed by atoms with van der Waals surface area (Å²) in [5, 5.41) is 2.43. The molecule has 0 saturated heterocycles. The molecule has 0 atom stereocenters. The van der Waals surface area contributed by atoms with Gasteiger partial charge in [-0.1, -0.05) is 30.3 Å². The van der Waals surface area contributed by atoms with Gasteiger partial charge in [0.15, 0.2) is 16.6 Å². The Bertz CT molecular complexity index is 1240. The molecule has 34 heavy (non-hydrogen) atoms. The van der Waals surface area contributed by atoms with Gasteiger partial charge >= 0.3 is 0 Å². The van der Waals surface area contributed by atoms with Crippen molar-refractivity contribution < 1.29 is 18.7 Å². The highest BCUT2D eigenvalue weighted by Crippen LogP contribution is 2.32. The lowest BCUT2D eigenvalue weighted by Gasteiger charge is -2.21. The van der Waals surface area contributed by atoms with Crippen molar-refractivity contribution >= 4 is 22.4 Å². The van der Waals surface area contributed by atoms with E-state index in [1.165, 1.54) is 23.5 Å². The highest BCUT2D eigenvalue weighted by atomic mass is 32.1. The number of aromatic nitrogens is 1. The van der Waals surface area contributed by atoms with E-state index in [4.69, 9.17) is 14.5 Å². The summed E-state index contributed by atoms with van der Waals surface area (Å²) in [6.07, 6.45) is 0. The molecule has 0 fully saturated rings. The normalized spacial score (nSPS) is 10.7. The first-order valence-corrected chi connectivity index (χ1v) is 11.9. The van der Waals surface area contributed by atoms with E-state index < -0.39 is 0 Å². The highest BCUT2D eigenvalue weighted by molar-refractivity contribution is 7.14.